The molecule has 2 saturated heterocycles. The second kappa shape index (κ2) is 10.2. The summed E-state index contributed by atoms with van der Waals surface area (Å²) in [5.74, 6) is -0.0329. The van der Waals surface area contributed by atoms with E-state index in [1.54, 1.807) is 16.8 Å². The fraction of sp³-hybridized carbons (Fsp3) is 0.444. The van der Waals surface area contributed by atoms with Gasteiger partial charge in [-0.15, -0.1) is 0 Å². The molecule has 184 valence electrons. The van der Waals surface area contributed by atoms with Crippen LogP contribution >= 0.6 is 0 Å². The topological polar surface area (TPSA) is 82.2 Å². The minimum absolute atomic E-state index is 0.0342. The molecular formula is C27H32N4O4. The molecule has 1 aliphatic carbocycles. The van der Waals surface area contributed by atoms with Crippen LogP contribution in [0, 0.1) is 5.92 Å². The summed E-state index contributed by atoms with van der Waals surface area (Å²) < 4.78 is 5.79. The van der Waals surface area contributed by atoms with Crippen LogP contribution < -0.4 is 15.1 Å². The quantitative estimate of drug-likeness (QED) is 0.651. The molecule has 35 heavy (non-hydrogen) atoms. The van der Waals surface area contributed by atoms with Gasteiger partial charge < -0.3 is 19.9 Å². The summed E-state index contributed by atoms with van der Waals surface area (Å²) in [5.41, 5.74) is 2.62. The molecule has 4 aliphatic rings. The number of amides is 3. The number of fused-ring (bicyclic) bond motifs is 1. The average molecular weight is 477 g/mol. The minimum atomic E-state index is -0.603. The van der Waals surface area contributed by atoms with E-state index in [-0.39, 0.29) is 29.7 Å². The Labute approximate surface area is 205 Å². The molecule has 0 saturated carbocycles. The number of hydrogen-bond acceptors (Lipinski definition) is 5. The molecular weight excluding hydrogens is 444 g/mol. The Kier molecular flexibility index (Phi) is 6.83. The number of benzene rings is 1. The van der Waals surface area contributed by atoms with E-state index in [4.69, 9.17) is 4.74 Å². The van der Waals surface area contributed by atoms with E-state index in [1.165, 1.54) is 0 Å². The highest BCUT2D eigenvalue weighted by Crippen LogP contribution is 2.28. The van der Waals surface area contributed by atoms with Gasteiger partial charge >= 0.3 is 0 Å². The molecule has 0 radical (unpaired) electrons. The van der Waals surface area contributed by atoms with Crippen LogP contribution in [0.1, 0.15) is 19.3 Å². The van der Waals surface area contributed by atoms with Gasteiger partial charge in [0.2, 0.25) is 11.8 Å². The predicted octanol–water partition coefficient (Wildman–Crippen LogP) is 2.03. The van der Waals surface area contributed by atoms with Gasteiger partial charge in [-0.05, 0) is 61.8 Å². The maximum atomic E-state index is 12.7. The van der Waals surface area contributed by atoms with Gasteiger partial charge in [-0.2, -0.15) is 0 Å². The van der Waals surface area contributed by atoms with Gasteiger partial charge in [-0.3, -0.25) is 19.3 Å². The van der Waals surface area contributed by atoms with Crippen LogP contribution in [0.2, 0.25) is 0 Å². The van der Waals surface area contributed by atoms with E-state index in [0.29, 0.717) is 26.1 Å². The van der Waals surface area contributed by atoms with E-state index >= 15 is 0 Å². The minimum Gasteiger partial charge on any atom is -0.353 e. The third-order valence-electron chi connectivity index (χ3n) is 7.16. The standard InChI is InChI=1S/C27H32N4O4/c1-29(26(33)18-30-12-4-5-13-30)21-8-10-22(11-9-21)31-17-19(14-25(31)32)16-28-27(34)24-15-20-6-2-3-7-23(20)35-24/h2-3,6-11,15,19,23-24H,4-5,12-14,16-18H2,1H3,(H,28,34). The summed E-state index contributed by atoms with van der Waals surface area (Å²) >= 11 is 0. The van der Waals surface area contributed by atoms with Crippen molar-refractivity contribution in [3.05, 3.63) is 60.2 Å². The highest BCUT2D eigenvalue weighted by atomic mass is 16.5. The lowest BCUT2D eigenvalue weighted by atomic mass is 10.1. The van der Waals surface area contributed by atoms with Gasteiger partial charge in [-0.1, -0.05) is 24.3 Å². The van der Waals surface area contributed by atoms with Gasteiger partial charge in [0.25, 0.3) is 5.91 Å². The molecule has 3 amide bonds. The number of rotatable bonds is 7. The molecule has 3 aliphatic heterocycles. The fourth-order valence-corrected chi connectivity index (χ4v) is 5.07. The van der Waals surface area contributed by atoms with Crippen molar-refractivity contribution >= 4 is 29.1 Å². The molecule has 0 aromatic heterocycles. The molecule has 0 spiro atoms. The molecule has 2 fully saturated rings. The Morgan fingerprint density at radius 1 is 1.14 bits per heavy atom. The van der Waals surface area contributed by atoms with E-state index in [9.17, 15) is 14.4 Å². The van der Waals surface area contributed by atoms with Crippen LogP contribution in [0.4, 0.5) is 11.4 Å². The lowest BCUT2D eigenvalue weighted by Crippen LogP contribution is -2.38. The maximum Gasteiger partial charge on any atom is 0.253 e. The van der Waals surface area contributed by atoms with Crippen molar-refractivity contribution in [2.45, 2.75) is 31.5 Å². The molecule has 1 aromatic carbocycles. The summed E-state index contributed by atoms with van der Waals surface area (Å²) in [7, 11) is 1.79. The number of likely N-dealkylation sites (N-methyl/N-ethyl adjacent to an activating group) is 1. The van der Waals surface area contributed by atoms with Crippen molar-refractivity contribution < 1.29 is 19.1 Å². The second-order valence-corrected chi connectivity index (χ2v) is 9.66. The number of likely N-dealkylation sites (tertiary alicyclic amines) is 1. The zero-order valence-electron chi connectivity index (χ0n) is 20.1. The first-order valence-electron chi connectivity index (χ1n) is 12.4. The van der Waals surface area contributed by atoms with Gasteiger partial charge in [0.15, 0.2) is 6.10 Å². The Morgan fingerprint density at radius 3 is 2.66 bits per heavy atom. The molecule has 3 heterocycles. The van der Waals surface area contributed by atoms with Crippen LogP contribution in [0.5, 0.6) is 0 Å². The van der Waals surface area contributed by atoms with Crippen molar-refractivity contribution in [2.75, 3.05) is 49.6 Å². The van der Waals surface area contributed by atoms with Gasteiger partial charge in [0.1, 0.15) is 6.10 Å². The van der Waals surface area contributed by atoms with E-state index in [2.05, 4.69) is 10.2 Å². The van der Waals surface area contributed by atoms with Crippen molar-refractivity contribution in [2.24, 2.45) is 5.92 Å². The number of anilines is 2. The van der Waals surface area contributed by atoms with Gasteiger partial charge in [-0.25, -0.2) is 0 Å². The third-order valence-corrected chi connectivity index (χ3v) is 7.16. The third kappa shape index (κ3) is 5.23. The van der Waals surface area contributed by atoms with Crippen molar-refractivity contribution in [1.82, 2.24) is 10.2 Å². The highest BCUT2D eigenvalue weighted by Gasteiger charge is 2.33. The monoisotopic (exact) mass is 476 g/mol. The Bertz CT molecular complexity index is 1070. The molecule has 0 bridgehead atoms. The summed E-state index contributed by atoms with van der Waals surface area (Å²) in [4.78, 5) is 43.5. The number of nitrogens with one attached hydrogen (secondary N) is 1. The Morgan fingerprint density at radius 2 is 1.91 bits per heavy atom. The van der Waals surface area contributed by atoms with Crippen LogP contribution in [0.25, 0.3) is 0 Å². The van der Waals surface area contributed by atoms with Crippen LogP contribution in [0.15, 0.2) is 60.2 Å². The largest absolute Gasteiger partial charge is 0.353 e. The lowest BCUT2D eigenvalue weighted by Gasteiger charge is -2.23. The van der Waals surface area contributed by atoms with E-state index in [1.807, 2.05) is 54.6 Å². The molecule has 3 unspecified atom stereocenters. The van der Waals surface area contributed by atoms with E-state index < -0.39 is 6.10 Å². The predicted molar refractivity (Wildman–Crippen MR) is 134 cm³/mol. The van der Waals surface area contributed by atoms with Crippen molar-refractivity contribution in [3.8, 4) is 0 Å². The van der Waals surface area contributed by atoms with Crippen LogP contribution in [-0.4, -0.2) is 74.6 Å². The molecule has 8 heteroatoms. The molecule has 1 aromatic rings. The maximum absolute atomic E-state index is 12.7. The summed E-state index contributed by atoms with van der Waals surface area (Å²) in [6.07, 6.45) is 11.5. The smallest absolute Gasteiger partial charge is 0.253 e. The molecule has 1 N–H and O–H groups in total. The first kappa shape index (κ1) is 23.5. The van der Waals surface area contributed by atoms with E-state index in [0.717, 1.165) is 42.9 Å². The average Bonchev–Trinajstić information content (AvgIpc) is 3.62. The number of allylic oxidation sites excluding steroid dienone is 2. The Balaban J connectivity index is 1.12. The summed E-state index contributed by atoms with van der Waals surface area (Å²) in [6, 6.07) is 7.53. The van der Waals surface area contributed by atoms with Crippen LogP contribution in [-0.2, 0) is 19.1 Å². The second-order valence-electron chi connectivity index (χ2n) is 9.66. The number of carbonyl (C=O) groups is 3. The number of ether oxygens (including phenoxy) is 1. The zero-order chi connectivity index (χ0) is 24.4. The van der Waals surface area contributed by atoms with Gasteiger partial charge in [0, 0.05) is 43.9 Å². The van der Waals surface area contributed by atoms with Crippen molar-refractivity contribution in [1.29, 1.82) is 0 Å². The molecule has 3 atom stereocenters. The SMILES string of the molecule is CN(C(=O)CN1CCCC1)c1ccc(N2CC(CNC(=O)C3C=C4C=CC=CC4O3)CC2=O)cc1. The number of carbonyl (C=O) groups excluding carboxylic acids is 3. The Hall–Kier alpha value is -3.23. The van der Waals surface area contributed by atoms with Crippen molar-refractivity contribution in [3.63, 3.8) is 0 Å². The first-order valence-corrected chi connectivity index (χ1v) is 12.4. The lowest BCUT2D eigenvalue weighted by molar-refractivity contribution is -0.130. The highest BCUT2D eigenvalue weighted by molar-refractivity contribution is 5.97. The molecule has 5 rings (SSSR count). The number of hydrogen-bond donors (Lipinski definition) is 1. The summed E-state index contributed by atoms with van der Waals surface area (Å²) in [6.45, 7) is 3.37. The normalized spacial score (nSPS) is 25.6. The fourth-order valence-electron chi connectivity index (χ4n) is 5.07. The summed E-state index contributed by atoms with van der Waals surface area (Å²) in [5, 5.41) is 2.95. The van der Waals surface area contributed by atoms with Gasteiger partial charge in [0.05, 0.1) is 6.54 Å². The zero-order valence-corrected chi connectivity index (χ0v) is 20.1. The molecule has 8 nitrogen and oxygen atoms in total. The van der Waals surface area contributed by atoms with Crippen LogP contribution in [0.3, 0.4) is 0 Å². The number of nitrogens with zero attached hydrogens (tertiary/aromatic N) is 3. The first-order chi connectivity index (χ1) is 17.0.